The minimum Gasteiger partial charge on any atom is -0.496 e. The number of rotatable bonds is 6. The van der Waals surface area contributed by atoms with Crippen molar-refractivity contribution in [2.45, 2.75) is 46.1 Å². The highest BCUT2D eigenvalue weighted by molar-refractivity contribution is 5.37. The normalized spacial score (nSPS) is 12.8. The van der Waals surface area contributed by atoms with E-state index in [4.69, 9.17) is 4.74 Å². The van der Waals surface area contributed by atoms with Crippen LogP contribution in [0.5, 0.6) is 5.75 Å². The van der Waals surface area contributed by atoms with E-state index in [1.165, 1.54) is 5.56 Å². The predicted octanol–water partition coefficient (Wildman–Crippen LogP) is 3.34. The van der Waals surface area contributed by atoms with Crippen molar-refractivity contribution in [2.24, 2.45) is 5.92 Å². The molecule has 0 bridgehead atoms. The van der Waals surface area contributed by atoms with Crippen molar-refractivity contribution < 1.29 is 9.84 Å². The van der Waals surface area contributed by atoms with Crippen LogP contribution < -0.4 is 4.74 Å². The van der Waals surface area contributed by atoms with Gasteiger partial charge in [-0.05, 0) is 37.3 Å². The summed E-state index contributed by atoms with van der Waals surface area (Å²) in [6.45, 7) is 6.42. The molecular weight excluding hydrogens is 212 g/mol. The molecule has 1 unspecified atom stereocenters. The van der Waals surface area contributed by atoms with Gasteiger partial charge in [0.15, 0.2) is 0 Å². The smallest absolute Gasteiger partial charge is 0.122 e. The van der Waals surface area contributed by atoms with Crippen molar-refractivity contribution in [3.63, 3.8) is 0 Å². The molecule has 17 heavy (non-hydrogen) atoms. The molecule has 0 aliphatic heterocycles. The van der Waals surface area contributed by atoms with Gasteiger partial charge in [-0.15, -0.1) is 0 Å². The molecule has 1 aromatic carbocycles. The Bertz CT molecular complexity index is 345. The Hall–Kier alpha value is -1.02. The quantitative estimate of drug-likeness (QED) is 0.821. The van der Waals surface area contributed by atoms with Gasteiger partial charge in [0.1, 0.15) is 5.75 Å². The third kappa shape index (κ3) is 4.78. The number of hydrogen-bond donors (Lipinski definition) is 1. The maximum atomic E-state index is 10.0. The van der Waals surface area contributed by atoms with Crippen LogP contribution in [0.1, 0.15) is 37.8 Å². The van der Waals surface area contributed by atoms with E-state index in [1.54, 1.807) is 7.11 Å². The van der Waals surface area contributed by atoms with Crippen molar-refractivity contribution in [2.75, 3.05) is 7.11 Å². The highest BCUT2D eigenvalue weighted by Crippen LogP contribution is 2.22. The average molecular weight is 236 g/mol. The second-order valence-corrected chi connectivity index (χ2v) is 5.14. The van der Waals surface area contributed by atoms with E-state index >= 15 is 0 Å². The SMILES string of the molecule is COc1ccc(C)cc1CC(O)CCC(C)C. The van der Waals surface area contributed by atoms with Crippen LogP contribution >= 0.6 is 0 Å². The third-order valence-electron chi connectivity index (χ3n) is 2.97. The van der Waals surface area contributed by atoms with Gasteiger partial charge in [-0.1, -0.05) is 31.5 Å². The Balaban J connectivity index is 2.63. The van der Waals surface area contributed by atoms with Crippen LogP contribution in [0.15, 0.2) is 18.2 Å². The summed E-state index contributed by atoms with van der Waals surface area (Å²) in [6, 6.07) is 6.10. The Morgan fingerprint density at radius 1 is 1.24 bits per heavy atom. The molecule has 1 N–H and O–H groups in total. The lowest BCUT2D eigenvalue weighted by molar-refractivity contribution is 0.156. The van der Waals surface area contributed by atoms with Crippen molar-refractivity contribution in [3.8, 4) is 5.75 Å². The number of aliphatic hydroxyl groups is 1. The van der Waals surface area contributed by atoms with E-state index < -0.39 is 0 Å². The summed E-state index contributed by atoms with van der Waals surface area (Å²) < 4.78 is 5.32. The Morgan fingerprint density at radius 2 is 1.94 bits per heavy atom. The summed E-state index contributed by atoms with van der Waals surface area (Å²) in [5.74, 6) is 1.52. The zero-order valence-electron chi connectivity index (χ0n) is 11.4. The molecule has 0 aliphatic rings. The summed E-state index contributed by atoms with van der Waals surface area (Å²) in [6.07, 6.45) is 2.33. The highest BCUT2D eigenvalue weighted by Gasteiger charge is 2.10. The van der Waals surface area contributed by atoms with Crippen LogP contribution in [-0.2, 0) is 6.42 Å². The van der Waals surface area contributed by atoms with Crippen LogP contribution in [0.4, 0.5) is 0 Å². The fourth-order valence-electron chi connectivity index (χ4n) is 1.95. The molecule has 1 rings (SSSR count). The Morgan fingerprint density at radius 3 is 2.53 bits per heavy atom. The van der Waals surface area contributed by atoms with Crippen LogP contribution in [0, 0.1) is 12.8 Å². The summed E-state index contributed by atoms with van der Waals surface area (Å²) in [7, 11) is 1.68. The van der Waals surface area contributed by atoms with Gasteiger partial charge in [0.2, 0.25) is 0 Å². The van der Waals surface area contributed by atoms with Crippen LogP contribution in [0.2, 0.25) is 0 Å². The highest BCUT2D eigenvalue weighted by atomic mass is 16.5. The van der Waals surface area contributed by atoms with Crippen LogP contribution in [0.3, 0.4) is 0 Å². The lowest BCUT2D eigenvalue weighted by Gasteiger charge is -2.15. The van der Waals surface area contributed by atoms with Gasteiger partial charge in [-0.2, -0.15) is 0 Å². The fraction of sp³-hybridized carbons (Fsp3) is 0.600. The zero-order chi connectivity index (χ0) is 12.8. The predicted molar refractivity (Wildman–Crippen MR) is 71.5 cm³/mol. The first-order chi connectivity index (χ1) is 8.02. The standard InChI is InChI=1S/C15H24O2/c1-11(2)5-7-14(16)10-13-9-12(3)6-8-15(13)17-4/h6,8-9,11,14,16H,5,7,10H2,1-4H3. The maximum Gasteiger partial charge on any atom is 0.122 e. The first-order valence-corrected chi connectivity index (χ1v) is 6.34. The molecule has 0 saturated heterocycles. The van der Waals surface area contributed by atoms with Gasteiger partial charge in [-0.25, -0.2) is 0 Å². The minimum absolute atomic E-state index is 0.270. The Kier molecular flexibility index (Phi) is 5.49. The molecule has 1 aromatic rings. The molecule has 2 heteroatoms. The Labute approximate surface area is 105 Å². The molecule has 0 amide bonds. The summed E-state index contributed by atoms with van der Waals surface area (Å²) in [5.41, 5.74) is 2.31. The van der Waals surface area contributed by atoms with Gasteiger partial charge in [0, 0.05) is 6.42 Å². The largest absolute Gasteiger partial charge is 0.496 e. The number of aryl methyl sites for hydroxylation is 1. The number of ether oxygens (including phenoxy) is 1. The lowest BCUT2D eigenvalue weighted by atomic mass is 9.98. The van der Waals surface area contributed by atoms with E-state index in [-0.39, 0.29) is 6.10 Å². The number of aliphatic hydroxyl groups excluding tert-OH is 1. The van der Waals surface area contributed by atoms with E-state index in [0.717, 1.165) is 24.2 Å². The maximum absolute atomic E-state index is 10.0. The van der Waals surface area contributed by atoms with E-state index in [0.29, 0.717) is 12.3 Å². The lowest BCUT2D eigenvalue weighted by Crippen LogP contribution is -2.12. The van der Waals surface area contributed by atoms with Crippen LogP contribution in [0.25, 0.3) is 0 Å². The zero-order valence-corrected chi connectivity index (χ0v) is 11.4. The number of hydrogen-bond acceptors (Lipinski definition) is 2. The average Bonchev–Trinajstić information content (AvgIpc) is 2.27. The molecule has 0 aromatic heterocycles. The summed E-state index contributed by atoms with van der Waals surface area (Å²) in [5, 5.41) is 10.0. The summed E-state index contributed by atoms with van der Waals surface area (Å²) in [4.78, 5) is 0. The van der Waals surface area contributed by atoms with Gasteiger partial charge >= 0.3 is 0 Å². The minimum atomic E-state index is -0.270. The van der Waals surface area contributed by atoms with Gasteiger partial charge in [0.25, 0.3) is 0 Å². The van der Waals surface area contributed by atoms with Crippen molar-refractivity contribution in [3.05, 3.63) is 29.3 Å². The van der Waals surface area contributed by atoms with Gasteiger partial charge < -0.3 is 9.84 Å². The van der Waals surface area contributed by atoms with Gasteiger partial charge in [-0.3, -0.25) is 0 Å². The fourth-order valence-corrected chi connectivity index (χ4v) is 1.95. The van der Waals surface area contributed by atoms with Crippen molar-refractivity contribution in [1.82, 2.24) is 0 Å². The molecule has 2 nitrogen and oxygen atoms in total. The first kappa shape index (κ1) is 14.0. The molecule has 1 atom stereocenters. The van der Waals surface area contributed by atoms with E-state index in [2.05, 4.69) is 26.8 Å². The van der Waals surface area contributed by atoms with Gasteiger partial charge in [0.05, 0.1) is 13.2 Å². The molecule has 0 heterocycles. The van der Waals surface area contributed by atoms with Crippen molar-refractivity contribution in [1.29, 1.82) is 0 Å². The number of benzene rings is 1. The summed E-state index contributed by atoms with van der Waals surface area (Å²) >= 11 is 0. The van der Waals surface area contributed by atoms with E-state index in [9.17, 15) is 5.11 Å². The topological polar surface area (TPSA) is 29.5 Å². The molecule has 0 fully saturated rings. The monoisotopic (exact) mass is 236 g/mol. The molecule has 96 valence electrons. The molecule has 0 spiro atoms. The first-order valence-electron chi connectivity index (χ1n) is 6.34. The van der Waals surface area contributed by atoms with E-state index in [1.807, 2.05) is 12.1 Å². The van der Waals surface area contributed by atoms with Crippen molar-refractivity contribution >= 4 is 0 Å². The number of methoxy groups -OCH3 is 1. The molecule has 0 saturated carbocycles. The second-order valence-electron chi connectivity index (χ2n) is 5.14. The molecular formula is C15H24O2. The third-order valence-corrected chi connectivity index (χ3v) is 2.97. The molecule has 0 aliphatic carbocycles. The molecule has 0 radical (unpaired) electrons. The second kappa shape index (κ2) is 6.65. The van der Waals surface area contributed by atoms with Crippen LogP contribution in [-0.4, -0.2) is 18.3 Å².